The molecule has 0 spiro atoms. The molecule has 1 aliphatic carbocycles. The van der Waals surface area contributed by atoms with E-state index < -0.39 is 10.0 Å². The lowest BCUT2D eigenvalue weighted by molar-refractivity contribution is -0.129. The molecule has 9 heteroatoms. The maximum absolute atomic E-state index is 12.2. The highest BCUT2D eigenvalue weighted by molar-refractivity contribution is 7.99. The van der Waals surface area contributed by atoms with Crippen molar-refractivity contribution in [2.75, 3.05) is 38.2 Å². The molecule has 7 nitrogen and oxygen atoms in total. The number of carbonyl (C=O) groups excluding carboxylic acids is 1. The molecule has 0 bridgehead atoms. The summed E-state index contributed by atoms with van der Waals surface area (Å²) in [6.45, 7) is 1.69. The van der Waals surface area contributed by atoms with E-state index in [4.69, 9.17) is 0 Å². The van der Waals surface area contributed by atoms with E-state index in [2.05, 4.69) is 9.55 Å². The van der Waals surface area contributed by atoms with Gasteiger partial charge in [-0.2, -0.15) is 4.31 Å². The van der Waals surface area contributed by atoms with Crippen LogP contribution in [0.4, 0.5) is 0 Å². The zero-order chi connectivity index (χ0) is 15.7. The number of piperazine rings is 1. The van der Waals surface area contributed by atoms with E-state index in [-0.39, 0.29) is 5.91 Å². The summed E-state index contributed by atoms with van der Waals surface area (Å²) in [5.41, 5.74) is 0. The Morgan fingerprint density at radius 2 is 2.00 bits per heavy atom. The molecule has 1 amide bonds. The van der Waals surface area contributed by atoms with Crippen molar-refractivity contribution in [3.05, 3.63) is 12.4 Å². The van der Waals surface area contributed by atoms with Gasteiger partial charge >= 0.3 is 0 Å². The van der Waals surface area contributed by atoms with Gasteiger partial charge in [-0.1, -0.05) is 11.8 Å². The summed E-state index contributed by atoms with van der Waals surface area (Å²) in [6, 6.07) is 0.554. The Morgan fingerprint density at radius 1 is 1.32 bits per heavy atom. The number of carbonyl (C=O) groups is 1. The standard InChI is InChI=1S/C13H20N4O3S2/c1-22(19,20)16-8-6-15(7-9-16)12(18)10-21-13-14-4-5-17(13)11-2-3-11/h4-5,11H,2-3,6-10H2,1H3. The van der Waals surface area contributed by atoms with Gasteiger partial charge in [-0.3, -0.25) is 4.79 Å². The van der Waals surface area contributed by atoms with E-state index >= 15 is 0 Å². The number of hydrogen-bond donors (Lipinski definition) is 0. The molecule has 1 aromatic rings. The molecule has 22 heavy (non-hydrogen) atoms. The highest BCUT2D eigenvalue weighted by atomic mass is 32.2. The minimum atomic E-state index is -3.15. The minimum Gasteiger partial charge on any atom is -0.339 e. The fourth-order valence-corrected chi connectivity index (χ4v) is 4.28. The van der Waals surface area contributed by atoms with Gasteiger partial charge in [0.2, 0.25) is 15.9 Å². The summed E-state index contributed by atoms with van der Waals surface area (Å²) in [5.74, 6) is 0.395. The van der Waals surface area contributed by atoms with Gasteiger partial charge in [-0.05, 0) is 12.8 Å². The summed E-state index contributed by atoms with van der Waals surface area (Å²) in [6.07, 6.45) is 7.32. The molecular formula is C13H20N4O3S2. The molecule has 1 aromatic heterocycles. The van der Waals surface area contributed by atoms with Crippen LogP contribution in [0.1, 0.15) is 18.9 Å². The molecule has 1 saturated carbocycles. The number of imidazole rings is 1. The smallest absolute Gasteiger partial charge is 0.233 e. The topological polar surface area (TPSA) is 75.5 Å². The number of rotatable bonds is 5. The molecule has 2 aliphatic rings. The summed E-state index contributed by atoms with van der Waals surface area (Å²) >= 11 is 1.46. The monoisotopic (exact) mass is 344 g/mol. The second-order valence-electron chi connectivity index (χ2n) is 5.68. The maximum atomic E-state index is 12.2. The van der Waals surface area contributed by atoms with Crippen LogP contribution < -0.4 is 0 Å². The lowest BCUT2D eigenvalue weighted by atomic mass is 10.3. The number of nitrogens with zero attached hydrogens (tertiary/aromatic N) is 4. The number of aromatic nitrogens is 2. The molecule has 0 aromatic carbocycles. The second kappa shape index (κ2) is 6.21. The van der Waals surface area contributed by atoms with E-state index in [9.17, 15) is 13.2 Å². The van der Waals surface area contributed by atoms with Crippen LogP contribution in [-0.4, -0.2) is 71.3 Å². The molecule has 0 unspecified atom stereocenters. The van der Waals surface area contributed by atoms with Gasteiger partial charge < -0.3 is 9.47 Å². The van der Waals surface area contributed by atoms with Gasteiger partial charge in [-0.25, -0.2) is 13.4 Å². The number of thioether (sulfide) groups is 1. The molecule has 1 aliphatic heterocycles. The maximum Gasteiger partial charge on any atom is 0.233 e. The Balaban J connectivity index is 1.49. The first-order chi connectivity index (χ1) is 10.4. The average Bonchev–Trinajstić information content (AvgIpc) is 3.22. The molecule has 0 radical (unpaired) electrons. The van der Waals surface area contributed by atoms with Crippen LogP contribution >= 0.6 is 11.8 Å². The van der Waals surface area contributed by atoms with E-state index in [1.165, 1.54) is 35.2 Å². The molecule has 0 N–H and O–H groups in total. The van der Waals surface area contributed by atoms with Crippen molar-refractivity contribution in [1.29, 1.82) is 0 Å². The molecule has 0 atom stereocenters. The van der Waals surface area contributed by atoms with Crippen molar-refractivity contribution >= 4 is 27.7 Å². The van der Waals surface area contributed by atoms with Gasteiger partial charge in [0.25, 0.3) is 0 Å². The van der Waals surface area contributed by atoms with Crippen molar-refractivity contribution in [3.63, 3.8) is 0 Å². The lowest BCUT2D eigenvalue weighted by Gasteiger charge is -2.33. The summed E-state index contributed by atoms with van der Waals surface area (Å²) in [4.78, 5) is 18.3. The highest BCUT2D eigenvalue weighted by Crippen LogP contribution is 2.37. The van der Waals surface area contributed by atoms with E-state index in [0.717, 1.165) is 5.16 Å². The Bertz CT molecular complexity index is 646. The first kappa shape index (κ1) is 15.8. The molecule has 3 rings (SSSR count). The summed E-state index contributed by atoms with van der Waals surface area (Å²) in [5, 5.41) is 0.894. The Kier molecular flexibility index (Phi) is 4.47. The summed E-state index contributed by atoms with van der Waals surface area (Å²) < 4.78 is 26.5. The fourth-order valence-electron chi connectivity index (χ4n) is 2.53. The van der Waals surface area contributed by atoms with Crippen LogP contribution in [0.15, 0.2) is 17.6 Å². The van der Waals surface area contributed by atoms with Crippen LogP contribution in [0.25, 0.3) is 0 Å². The van der Waals surface area contributed by atoms with Gasteiger partial charge in [0.05, 0.1) is 12.0 Å². The first-order valence-electron chi connectivity index (χ1n) is 7.33. The van der Waals surface area contributed by atoms with Crippen molar-refractivity contribution in [2.45, 2.75) is 24.0 Å². The number of sulfonamides is 1. The van der Waals surface area contributed by atoms with Crippen LogP contribution in [0.2, 0.25) is 0 Å². The normalized spacial score (nSPS) is 20.3. The van der Waals surface area contributed by atoms with Crippen LogP contribution in [0.5, 0.6) is 0 Å². The molecule has 122 valence electrons. The van der Waals surface area contributed by atoms with Crippen LogP contribution in [-0.2, 0) is 14.8 Å². The fraction of sp³-hybridized carbons (Fsp3) is 0.692. The van der Waals surface area contributed by atoms with Crippen molar-refractivity contribution in [2.24, 2.45) is 0 Å². The van der Waals surface area contributed by atoms with Gasteiger partial charge in [0.15, 0.2) is 5.16 Å². The first-order valence-corrected chi connectivity index (χ1v) is 10.2. The van der Waals surface area contributed by atoms with Gasteiger partial charge in [0.1, 0.15) is 0 Å². The van der Waals surface area contributed by atoms with Crippen LogP contribution in [0.3, 0.4) is 0 Å². The lowest BCUT2D eigenvalue weighted by Crippen LogP contribution is -2.50. The van der Waals surface area contributed by atoms with E-state index in [0.29, 0.717) is 38.0 Å². The SMILES string of the molecule is CS(=O)(=O)N1CCN(C(=O)CSc2nccn2C2CC2)CC1. The third-order valence-corrected chi connectivity index (χ3v) is 6.23. The van der Waals surface area contributed by atoms with Crippen LogP contribution in [0, 0.1) is 0 Å². The van der Waals surface area contributed by atoms with E-state index in [1.54, 1.807) is 11.1 Å². The van der Waals surface area contributed by atoms with E-state index in [1.807, 2.05) is 6.20 Å². The van der Waals surface area contributed by atoms with Gasteiger partial charge in [-0.15, -0.1) is 0 Å². The molecular weight excluding hydrogens is 324 g/mol. The highest BCUT2D eigenvalue weighted by Gasteiger charge is 2.28. The largest absolute Gasteiger partial charge is 0.339 e. The second-order valence-corrected chi connectivity index (χ2v) is 8.60. The Labute approximate surface area is 134 Å². The van der Waals surface area contributed by atoms with Crippen molar-refractivity contribution < 1.29 is 13.2 Å². The summed E-state index contributed by atoms with van der Waals surface area (Å²) in [7, 11) is -3.15. The minimum absolute atomic E-state index is 0.0449. The quantitative estimate of drug-likeness (QED) is 0.724. The third kappa shape index (κ3) is 3.64. The number of hydrogen-bond acceptors (Lipinski definition) is 5. The molecule has 2 heterocycles. The third-order valence-electron chi connectivity index (χ3n) is 3.96. The number of amides is 1. The van der Waals surface area contributed by atoms with Gasteiger partial charge in [0, 0.05) is 44.6 Å². The zero-order valence-electron chi connectivity index (χ0n) is 12.5. The molecule has 2 fully saturated rings. The predicted molar refractivity (Wildman–Crippen MR) is 84.2 cm³/mol. The Hall–Kier alpha value is -1.06. The average molecular weight is 344 g/mol. The predicted octanol–water partition coefficient (Wildman–Crippen LogP) is 0.414. The Morgan fingerprint density at radius 3 is 2.59 bits per heavy atom. The van der Waals surface area contributed by atoms with Crippen molar-refractivity contribution in [1.82, 2.24) is 18.8 Å². The van der Waals surface area contributed by atoms with Crippen molar-refractivity contribution in [3.8, 4) is 0 Å². The molecule has 1 saturated heterocycles. The zero-order valence-corrected chi connectivity index (χ0v) is 14.1.